The molecule has 0 saturated carbocycles. The first-order valence-corrected chi connectivity index (χ1v) is 7.70. The van der Waals surface area contributed by atoms with E-state index in [0.29, 0.717) is 5.91 Å². The molecule has 1 N–H and O–H groups in total. The first-order chi connectivity index (χ1) is 8.68. The minimum Gasteiger partial charge on any atom is -0.341 e. The predicted molar refractivity (Wildman–Crippen MR) is 74.4 cm³/mol. The van der Waals surface area contributed by atoms with Crippen molar-refractivity contribution < 1.29 is 4.79 Å². The average molecular weight is 252 g/mol. The van der Waals surface area contributed by atoms with Crippen LogP contribution in [-0.2, 0) is 4.79 Å². The van der Waals surface area contributed by atoms with Gasteiger partial charge in [0.05, 0.1) is 6.04 Å². The summed E-state index contributed by atoms with van der Waals surface area (Å²) in [5, 5.41) is 3.38. The Morgan fingerprint density at radius 2 is 1.94 bits per heavy atom. The minimum atomic E-state index is 0.106. The molecule has 0 spiro atoms. The lowest BCUT2D eigenvalue weighted by molar-refractivity contribution is -0.134. The number of rotatable bonds is 2. The molecule has 3 heteroatoms. The number of carbonyl (C=O) groups excluding carboxylic acids is 1. The highest BCUT2D eigenvalue weighted by Gasteiger charge is 2.28. The van der Waals surface area contributed by atoms with Gasteiger partial charge >= 0.3 is 0 Å². The van der Waals surface area contributed by atoms with Gasteiger partial charge in [0.1, 0.15) is 0 Å². The van der Waals surface area contributed by atoms with E-state index in [1.54, 1.807) is 0 Å². The Bertz CT molecular complexity index is 272. The molecule has 0 radical (unpaired) electrons. The molecule has 3 nitrogen and oxygen atoms in total. The summed E-state index contributed by atoms with van der Waals surface area (Å²) in [6.07, 6.45) is 7.12. The molecule has 2 saturated heterocycles. The summed E-state index contributed by atoms with van der Waals surface area (Å²) in [5.74, 6) is 1.93. The number of nitrogens with zero attached hydrogens (tertiary/aromatic N) is 1. The van der Waals surface area contributed by atoms with E-state index in [0.717, 1.165) is 37.9 Å². The van der Waals surface area contributed by atoms with Gasteiger partial charge in [-0.2, -0.15) is 0 Å². The van der Waals surface area contributed by atoms with Crippen molar-refractivity contribution in [1.82, 2.24) is 10.2 Å². The van der Waals surface area contributed by atoms with Crippen LogP contribution in [0.3, 0.4) is 0 Å². The van der Waals surface area contributed by atoms with Crippen molar-refractivity contribution in [2.24, 2.45) is 11.8 Å². The monoisotopic (exact) mass is 252 g/mol. The quantitative estimate of drug-likeness (QED) is 0.818. The molecule has 104 valence electrons. The van der Waals surface area contributed by atoms with E-state index in [2.05, 4.69) is 24.1 Å². The van der Waals surface area contributed by atoms with Crippen LogP contribution in [-0.4, -0.2) is 36.5 Å². The number of nitrogens with one attached hydrogen (secondary N) is 1. The average Bonchev–Trinajstić information content (AvgIpc) is 2.64. The van der Waals surface area contributed by atoms with E-state index in [1.807, 2.05) is 0 Å². The van der Waals surface area contributed by atoms with Crippen molar-refractivity contribution in [3.63, 3.8) is 0 Å². The number of likely N-dealkylation sites (tertiary alicyclic amines) is 1. The van der Waals surface area contributed by atoms with Crippen molar-refractivity contribution in [1.29, 1.82) is 0 Å². The highest BCUT2D eigenvalue weighted by molar-refractivity contribution is 5.82. The number of piperidine rings is 1. The van der Waals surface area contributed by atoms with Crippen molar-refractivity contribution in [2.75, 3.05) is 19.6 Å². The molecule has 2 aliphatic rings. The van der Waals surface area contributed by atoms with Crippen LogP contribution in [0.25, 0.3) is 0 Å². The van der Waals surface area contributed by atoms with Gasteiger partial charge in [-0.05, 0) is 50.5 Å². The number of amides is 1. The largest absolute Gasteiger partial charge is 0.341 e. The topological polar surface area (TPSA) is 32.3 Å². The van der Waals surface area contributed by atoms with Gasteiger partial charge in [0.15, 0.2) is 0 Å². The molecule has 18 heavy (non-hydrogen) atoms. The van der Waals surface area contributed by atoms with E-state index in [9.17, 15) is 4.79 Å². The van der Waals surface area contributed by atoms with Gasteiger partial charge in [0.2, 0.25) is 5.91 Å². The third-order valence-corrected chi connectivity index (χ3v) is 4.64. The molecule has 1 amide bonds. The maximum absolute atomic E-state index is 12.4. The van der Waals surface area contributed by atoms with E-state index in [-0.39, 0.29) is 6.04 Å². The fourth-order valence-electron chi connectivity index (χ4n) is 3.29. The van der Waals surface area contributed by atoms with Crippen LogP contribution in [0.1, 0.15) is 52.4 Å². The van der Waals surface area contributed by atoms with E-state index < -0.39 is 0 Å². The molecule has 2 heterocycles. The van der Waals surface area contributed by atoms with Gasteiger partial charge in [0.25, 0.3) is 0 Å². The lowest BCUT2D eigenvalue weighted by atomic mass is 9.89. The highest BCUT2D eigenvalue weighted by atomic mass is 16.2. The normalized spacial score (nSPS) is 30.3. The second-order valence-electron chi connectivity index (χ2n) is 6.26. The summed E-state index contributed by atoms with van der Waals surface area (Å²) in [7, 11) is 0. The Labute approximate surface area is 111 Å². The van der Waals surface area contributed by atoms with Crippen molar-refractivity contribution in [2.45, 2.75) is 58.4 Å². The Morgan fingerprint density at radius 3 is 2.61 bits per heavy atom. The van der Waals surface area contributed by atoms with Gasteiger partial charge in [-0.25, -0.2) is 0 Å². The van der Waals surface area contributed by atoms with Gasteiger partial charge in [-0.3, -0.25) is 4.79 Å². The van der Waals surface area contributed by atoms with E-state index in [4.69, 9.17) is 0 Å². The number of hydrogen-bond acceptors (Lipinski definition) is 2. The fourth-order valence-corrected chi connectivity index (χ4v) is 3.29. The molecule has 2 aliphatic heterocycles. The lowest BCUT2D eigenvalue weighted by Crippen LogP contribution is -2.48. The lowest BCUT2D eigenvalue weighted by Gasteiger charge is -2.29. The molecule has 0 aromatic rings. The summed E-state index contributed by atoms with van der Waals surface area (Å²) in [6, 6.07) is 0.106. The first-order valence-electron chi connectivity index (χ1n) is 7.70. The molecule has 2 atom stereocenters. The third-order valence-electron chi connectivity index (χ3n) is 4.64. The van der Waals surface area contributed by atoms with Gasteiger partial charge in [0, 0.05) is 13.1 Å². The second kappa shape index (κ2) is 6.55. The number of carbonyl (C=O) groups is 1. The summed E-state index contributed by atoms with van der Waals surface area (Å²) < 4.78 is 0. The molecule has 0 bridgehead atoms. The van der Waals surface area contributed by atoms with Crippen LogP contribution in [0.15, 0.2) is 0 Å². The molecule has 0 aromatic carbocycles. The standard InChI is InChI=1S/C15H28N2O/c1-12(2)13-6-5-10-17(11-8-13)15(18)14-7-3-4-9-16-14/h12-14,16H,3-11H2,1-2H3/t13?,14-/m0/s1. The maximum atomic E-state index is 12.4. The van der Waals surface area contributed by atoms with Crippen LogP contribution in [0.5, 0.6) is 0 Å². The predicted octanol–water partition coefficient (Wildman–Crippen LogP) is 2.41. The zero-order chi connectivity index (χ0) is 13.0. The van der Waals surface area contributed by atoms with Crippen molar-refractivity contribution >= 4 is 5.91 Å². The minimum absolute atomic E-state index is 0.106. The first kappa shape index (κ1) is 13.9. The van der Waals surface area contributed by atoms with Crippen molar-refractivity contribution in [3.8, 4) is 0 Å². The molecule has 2 rings (SSSR count). The molecular weight excluding hydrogens is 224 g/mol. The Kier molecular flexibility index (Phi) is 5.04. The molecule has 0 aliphatic carbocycles. The zero-order valence-corrected chi connectivity index (χ0v) is 12.0. The van der Waals surface area contributed by atoms with Gasteiger partial charge < -0.3 is 10.2 Å². The van der Waals surface area contributed by atoms with E-state index in [1.165, 1.54) is 32.1 Å². The maximum Gasteiger partial charge on any atom is 0.239 e. The summed E-state index contributed by atoms with van der Waals surface area (Å²) in [6.45, 7) is 7.58. The molecule has 2 fully saturated rings. The summed E-state index contributed by atoms with van der Waals surface area (Å²) in [4.78, 5) is 14.6. The van der Waals surface area contributed by atoms with Crippen LogP contribution in [0.4, 0.5) is 0 Å². The zero-order valence-electron chi connectivity index (χ0n) is 12.0. The Morgan fingerprint density at radius 1 is 1.11 bits per heavy atom. The number of hydrogen-bond donors (Lipinski definition) is 1. The molecule has 0 aromatic heterocycles. The van der Waals surface area contributed by atoms with Crippen LogP contribution in [0, 0.1) is 11.8 Å². The van der Waals surface area contributed by atoms with Crippen molar-refractivity contribution in [3.05, 3.63) is 0 Å². The van der Waals surface area contributed by atoms with Crippen LogP contribution < -0.4 is 5.32 Å². The highest BCUT2D eigenvalue weighted by Crippen LogP contribution is 2.25. The Hall–Kier alpha value is -0.570. The molecule has 1 unspecified atom stereocenters. The van der Waals surface area contributed by atoms with Crippen LogP contribution in [0.2, 0.25) is 0 Å². The SMILES string of the molecule is CC(C)C1CCCN(C(=O)[C@@H]2CCCCN2)CC1. The second-order valence-corrected chi connectivity index (χ2v) is 6.26. The van der Waals surface area contributed by atoms with Crippen LogP contribution >= 0.6 is 0 Å². The Balaban J connectivity index is 1.86. The summed E-state index contributed by atoms with van der Waals surface area (Å²) in [5.41, 5.74) is 0. The molecular formula is C15H28N2O. The third kappa shape index (κ3) is 3.47. The van der Waals surface area contributed by atoms with Gasteiger partial charge in [-0.1, -0.05) is 20.3 Å². The van der Waals surface area contributed by atoms with E-state index >= 15 is 0 Å². The fraction of sp³-hybridized carbons (Fsp3) is 0.933. The smallest absolute Gasteiger partial charge is 0.239 e. The summed E-state index contributed by atoms with van der Waals surface area (Å²) >= 11 is 0. The van der Waals surface area contributed by atoms with Gasteiger partial charge in [-0.15, -0.1) is 0 Å².